The van der Waals surface area contributed by atoms with Crippen LogP contribution in [-0.2, 0) is 10.3 Å². The third kappa shape index (κ3) is 1.98. The van der Waals surface area contributed by atoms with Crippen LogP contribution in [0, 0.1) is 0 Å². The highest BCUT2D eigenvalue weighted by Crippen LogP contribution is 2.49. The molecule has 1 fully saturated rings. The van der Waals surface area contributed by atoms with Gasteiger partial charge in [-0.2, -0.15) is 0 Å². The summed E-state index contributed by atoms with van der Waals surface area (Å²) in [6.45, 7) is 0. The number of aliphatic hydroxyl groups is 1. The van der Waals surface area contributed by atoms with E-state index in [9.17, 15) is 5.11 Å². The predicted molar refractivity (Wildman–Crippen MR) is 63.5 cm³/mol. The zero-order valence-corrected chi connectivity index (χ0v) is 10.4. The SMILES string of the molecule is COc1cccc(OC)c1C1(O)CC(OC)C1. The van der Waals surface area contributed by atoms with Gasteiger partial charge in [0.15, 0.2) is 0 Å². The Morgan fingerprint density at radius 3 is 2.06 bits per heavy atom. The molecule has 0 amide bonds. The second-order valence-corrected chi connectivity index (χ2v) is 4.34. The molecule has 1 aromatic carbocycles. The van der Waals surface area contributed by atoms with Gasteiger partial charge in [0.2, 0.25) is 0 Å². The van der Waals surface area contributed by atoms with Crippen LogP contribution in [0.25, 0.3) is 0 Å². The molecule has 17 heavy (non-hydrogen) atoms. The van der Waals surface area contributed by atoms with Crippen molar-refractivity contribution < 1.29 is 19.3 Å². The first kappa shape index (κ1) is 12.2. The van der Waals surface area contributed by atoms with Crippen LogP contribution in [0.4, 0.5) is 0 Å². The zero-order chi connectivity index (χ0) is 12.5. The van der Waals surface area contributed by atoms with Crippen LogP contribution in [-0.4, -0.2) is 32.5 Å². The highest BCUT2D eigenvalue weighted by atomic mass is 16.5. The Morgan fingerprint density at radius 2 is 1.65 bits per heavy atom. The quantitative estimate of drug-likeness (QED) is 0.867. The molecule has 0 unspecified atom stereocenters. The molecule has 0 spiro atoms. The van der Waals surface area contributed by atoms with Gasteiger partial charge in [0.25, 0.3) is 0 Å². The minimum absolute atomic E-state index is 0.106. The maximum absolute atomic E-state index is 10.6. The molecule has 1 saturated carbocycles. The summed E-state index contributed by atoms with van der Waals surface area (Å²) in [5, 5.41) is 10.6. The molecule has 1 N–H and O–H groups in total. The van der Waals surface area contributed by atoms with Crippen molar-refractivity contribution in [3.05, 3.63) is 23.8 Å². The van der Waals surface area contributed by atoms with Gasteiger partial charge in [-0.05, 0) is 12.1 Å². The largest absolute Gasteiger partial charge is 0.496 e. The first-order valence-corrected chi connectivity index (χ1v) is 5.61. The second-order valence-electron chi connectivity index (χ2n) is 4.34. The van der Waals surface area contributed by atoms with Gasteiger partial charge in [0, 0.05) is 20.0 Å². The van der Waals surface area contributed by atoms with E-state index in [1.807, 2.05) is 18.2 Å². The number of rotatable bonds is 4. The first-order valence-electron chi connectivity index (χ1n) is 5.61. The fourth-order valence-electron chi connectivity index (χ4n) is 2.37. The van der Waals surface area contributed by atoms with E-state index in [0.29, 0.717) is 24.3 Å². The summed E-state index contributed by atoms with van der Waals surface area (Å²) >= 11 is 0. The molecule has 0 saturated heterocycles. The van der Waals surface area contributed by atoms with Gasteiger partial charge in [0.05, 0.1) is 25.9 Å². The van der Waals surface area contributed by atoms with E-state index < -0.39 is 5.60 Å². The maximum Gasteiger partial charge on any atom is 0.128 e. The molecule has 0 bridgehead atoms. The summed E-state index contributed by atoms with van der Waals surface area (Å²) in [5.41, 5.74) is -0.183. The van der Waals surface area contributed by atoms with Crippen LogP contribution in [0.5, 0.6) is 11.5 Å². The van der Waals surface area contributed by atoms with E-state index in [0.717, 1.165) is 5.56 Å². The van der Waals surface area contributed by atoms with Crippen molar-refractivity contribution >= 4 is 0 Å². The summed E-state index contributed by atoms with van der Waals surface area (Å²) < 4.78 is 15.8. The van der Waals surface area contributed by atoms with E-state index >= 15 is 0 Å². The number of benzene rings is 1. The normalized spacial score (nSPS) is 27.4. The van der Waals surface area contributed by atoms with E-state index in [1.54, 1.807) is 21.3 Å². The summed E-state index contributed by atoms with van der Waals surface area (Å²) in [5.74, 6) is 1.31. The number of ether oxygens (including phenoxy) is 3. The van der Waals surface area contributed by atoms with E-state index in [-0.39, 0.29) is 6.10 Å². The minimum Gasteiger partial charge on any atom is -0.496 e. The average molecular weight is 238 g/mol. The third-order valence-corrected chi connectivity index (χ3v) is 3.36. The number of hydrogen-bond donors (Lipinski definition) is 1. The first-order chi connectivity index (χ1) is 8.14. The van der Waals surface area contributed by atoms with E-state index in [2.05, 4.69) is 0 Å². The van der Waals surface area contributed by atoms with E-state index in [4.69, 9.17) is 14.2 Å². The third-order valence-electron chi connectivity index (χ3n) is 3.36. The highest BCUT2D eigenvalue weighted by molar-refractivity contribution is 5.49. The Kier molecular flexibility index (Phi) is 3.26. The number of hydrogen-bond acceptors (Lipinski definition) is 4. The van der Waals surface area contributed by atoms with Crippen molar-refractivity contribution in [2.45, 2.75) is 24.5 Å². The van der Waals surface area contributed by atoms with Gasteiger partial charge in [-0.25, -0.2) is 0 Å². The fraction of sp³-hybridized carbons (Fsp3) is 0.538. The summed E-state index contributed by atoms with van der Waals surface area (Å²) in [6, 6.07) is 5.50. The molecule has 1 aliphatic carbocycles. The van der Waals surface area contributed by atoms with Gasteiger partial charge >= 0.3 is 0 Å². The topological polar surface area (TPSA) is 47.9 Å². The van der Waals surface area contributed by atoms with Crippen molar-refractivity contribution in [1.82, 2.24) is 0 Å². The van der Waals surface area contributed by atoms with Crippen LogP contribution in [0.2, 0.25) is 0 Å². The standard InChI is InChI=1S/C13H18O4/c1-15-9-7-13(14,8-9)12-10(16-2)5-4-6-11(12)17-3/h4-6,9,14H,7-8H2,1-3H3. The molecule has 0 radical (unpaired) electrons. The number of methoxy groups -OCH3 is 3. The van der Waals surface area contributed by atoms with Crippen molar-refractivity contribution in [2.24, 2.45) is 0 Å². The lowest BCUT2D eigenvalue weighted by molar-refractivity contribution is -0.134. The van der Waals surface area contributed by atoms with Gasteiger partial charge < -0.3 is 19.3 Å². The lowest BCUT2D eigenvalue weighted by atomic mass is 9.72. The van der Waals surface area contributed by atoms with Crippen molar-refractivity contribution in [1.29, 1.82) is 0 Å². The molecule has 4 nitrogen and oxygen atoms in total. The van der Waals surface area contributed by atoms with Gasteiger partial charge in [-0.3, -0.25) is 0 Å². The Hall–Kier alpha value is -1.26. The Labute approximate surface area is 101 Å². The molecular weight excluding hydrogens is 220 g/mol. The molecule has 0 aromatic heterocycles. The summed E-state index contributed by atoms with van der Waals surface area (Å²) in [4.78, 5) is 0. The second kappa shape index (κ2) is 4.55. The summed E-state index contributed by atoms with van der Waals surface area (Å²) in [7, 11) is 4.84. The van der Waals surface area contributed by atoms with Crippen LogP contribution < -0.4 is 9.47 Å². The van der Waals surface area contributed by atoms with Crippen LogP contribution >= 0.6 is 0 Å². The molecule has 1 aromatic rings. The Balaban J connectivity index is 2.37. The van der Waals surface area contributed by atoms with Crippen LogP contribution in [0.1, 0.15) is 18.4 Å². The van der Waals surface area contributed by atoms with Gasteiger partial charge in [0.1, 0.15) is 17.1 Å². The molecule has 0 aliphatic heterocycles. The Bertz CT molecular complexity index is 374. The van der Waals surface area contributed by atoms with Crippen molar-refractivity contribution in [3.63, 3.8) is 0 Å². The molecule has 2 rings (SSSR count). The lowest BCUT2D eigenvalue weighted by Gasteiger charge is -2.43. The smallest absolute Gasteiger partial charge is 0.128 e. The molecule has 4 heteroatoms. The molecule has 0 heterocycles. The fourth-order valence-corrected chi connectivity index (χ4v) is 2.37. The van der Waals surface area contributed by atoms with Crippen molar-refractivity contribution in [2.75, 3.05) is 21.3 Å². The molecule has 1 aliphatic rings. The Morgan fingerprint density at radius 1 is 1.12 bits per heavy atom. The zero-order valence-electron chi connectivity index (χ0n) is 10.4. The molecule has 0 atom stereocenters. The van der Waals surface area contributed by atoms with Gasteiger partial charge in [-0.15, -0.1) is 0 Å². The summed E-state index contributed by atoms with van der Waals surface area (Å²) in [6.07, 6.45) is 1.25. The molecular formula is C13H18O4. The minimum atomic E-state index is -0.904. The van der Waals surface area contributed by atoms with E-state index in [1.165, 1.54) is 0 Å². The average Bonchev–Trinajstić information content (AvgIpc) is 2.33. The monoisotopic (exact) mass is 238 g/mol. The van der Waals surface area contributed by atoms with Crippen LogP contribution in [0.3, 0.4) is 0 Å². The lowest BCUT2D eigenvalue weighted by Crippen LogP contribution is -2.45. The van der Waals surface area contributed by atoms with Crippen LogP contribution in [0.15, 0.2) is 18.2 Å². The van der Waals surface area contributed by atoms with Gasteiger partial charge in [-0.1, -0.05) is 6.07 Å². The predicted octanol–water partition coefficient (Wildman–Crippen LogP) is 1.70. The van der Waals surface area contributed by atoms with Crippen molar-refractivity contribution in [3.8, 4) is 11.5 Å². The maximum atomic E-state index is 10.6. The highest BCUT2D eigenvalue weighted by Gasteiger charge is 2.47. The molecule has 94 valence electrons.